The SMILES string of the molecule is Cc1cc(Cl)c2nc(C)c(Cl)c(Br)c2c1. The second-order valence-corrected chi connectivity index (χ2v) is 5.05. The van der Waals surface area contributed by atoms with E-state index in [1.165, 1.54) is 0 Å². The third kappa shape index (κ3) is 1.86. The number of fused-ring (bicyclic) bond motifs is 1. The molecule has 2 aromatic rings. The molecule has 2 rings (SSSR count). The van der Waals surface area contributed by atoms with Crippen LogP contribution in [-0.4, -0.2) is 4.98 Å². The molecule has 1 nitrogen and oxygen atoms in total. The van der Waals surface area contributed by atoms with Gasteiger partial charge in [-0.25, -0.2) is 4.98 Å². The van der Waals surface area contributed by atoms with Crippen molar-refractivity contribution in [1.82, 2.24) is 4.98 Å². The summed E-state index contributed by atoms with van der Waals surface area (Å²) in [6, 6.07) is 3.92. The van der Waals surface area contributed by atoms with Crippen LogP contribution in [0.2, 0.25) is 10.0 Å². The van der Waals surface area contributed by atoms with Crippen molar-refractivity contribution in [3.63, 3.8) is 0 Å². The maximum Gasteiger partial charge on any atom is 0.0904 e. The molecule has 0 saturated heterocycles. The summed E-state index contributed by atoms with van der Waals surface area (Å²) in [5.41, 5.74) is 2.66. The molecule has 0 unspecified atom stereocenters. The van der Waals surface area contributed by atoms with E-state index in [1.54, 1.807) is 0 Å². The van der Waals surface area contributed by atoms with Crippen molar-refractivity contribution in [2.45, 2.75) is 13.8 Å². The minimum Gasteiger partial charge on any atom is -0.250 e. The van der Waals surface area contributed by atoms with Gasteiger partial charge in [-0.05, 0) is 47.5 Å². The molecule has 0 fully saturated rings. The van der Waals surface area contributed by atoms with Crippen LogP contribution in [0.4, 0.5) is 0 Å². The molecule has 0 N–H and O–H groups in total. The first-order valence-corrected chi connectivity index (χ1v) is 5.97. The van der Waals surface area contributed by atoms with Crippen LogP contribution in [0.15, 0.2) is 16.6 Å². The number of nitrogens with zero attached hydrogens (tertiary/aromatic N) is 1. The number of halogens is 3. The maximum atomic E-state index is 6.13. The standard InChI is InChI=1S/C11H8BrCl2N/c1-5-3-7-9(12)10(14)6(2)15-11(7)8(13)4-5/h3-4H,1-2H3. The second kappa shape index (κ2) is 3.93. The van der Waals surface area contributed by atoms with Crippen molar-refractivity contribution < 1.29 is 0 Å². The van der Waals surface area contributed by atoms with Crippen molar-refractivity contribution in [3.8, 4) is 0 Å². The van der Waals surface area contributed by atoms with E-state index in [0.29, 0.717) is 10.0 Å². The Morgan fingerprint density at radius 1 is 1.20 bits per heavy atom. The Bertz CT molecular complexity index is 552. The van der Waals surface area contributed by atoms with Crippen molar-refractivity contribution in [1.29, 1.82) is 0 Å². The largest absolute Gasteiger partial charge is 0.250 e. The molecule has 0 spiro atoms. The predicted octanol–water partition coefficient (Wildman–Crippen LogP) is 4.92. The number of benzene rings is 1. The van der Waals surface area contributed by atoms with Gasteiger partial charge in [-0.15, -0.1) is 0 Å². The molecule has 0 radical (unpaired) electrons. The van der Waals surface area contributed by atoms with Crippen molar-refractivity contribution in [3.05, 3.63) is 37.9 Å². The molecular formula is C11H8BrCl2N. The summed E-state index contributed by atoms with van der Waals surface area (Å²) in [6.45, 7) is 3.86. The molecular weight excluding hydrogens is 297 g/mol. The van der Waals surface area contributed by atoms with Crippen LogP contribution in [0.3, 0.4) is 0 Å². The Kier molecular flexibility index (Phi) is 2.93. The lowest BCUT2D eigenvalue weighted by Gasteiger charge is -2.08. The fourth-order valence-electron chi connectivity index (χ4n) is 1.51. The number of hydrogen-bond acceptors (Lipinski definition) is 1. The predicted molar refractivity (Wildman–Crippen MR) is 68.9 cm³/mol. The molecule has 1 aromatic heterocycles. The van der Waals surface area contributed by atoms with Gasteiger partial charge in [-0.3, -0.25) is 0 Å². The summed E-state index contributed by atoms with van der Waals surface area (Å²) in [5, 5.41) is 2.25. The maximum absolute atomic E-state index is 6.13. The topological polar surface area (TPSA) is 12.9 Å². The number of aromatic nitrogens is 1. The minimum atomic E-state index is 0.643. The van der Waals surface area contributed by atoms with Crippen LogP contribution in [-0.2, 0) is 0 Å². The third-order valence-electron chi connectivity index (χ3n) is 2.23. The van der Waals surface area contributed by atoms with Gasteiger partial charge in [0.05, 0.1) is 21.3 Å². The molecule has 0 amide bonds. The number of hydrogen-bond donors (Lipinski definition) is 0. The van der Waals surface area contributed by atoms with Crippen molar-refractivity contribution >= 4 is 50.0 Å². The molecule has 1 heterocycles. The summed E-state index contributed by atoms with van der Waals surface area (Å²) in [6.07, 6.45) is 0. The smallest absolute Gasteiger partial charge is 0.0904 e. The summed E-state index contributed by atoms with van der Waals surface area (Å²) in [4.78, 5) is 4.38. The fourth-order valence-corrected chi connectivity index (χ4v) is 2.56. The molecule has 0 saturated carbocycles. The molecule has 0 aliphatic carbocycles. The Morgan fingerprint density at radius 2 is 1.87 bits per heavy atom. The summed E-state index contributed by atoms with van der Waals surface area (Å²) in [5.74, 6) is 0. The number of rotatable bonds is 0. The van der Waals surface area contributed by atoms with Crippen LogP contribution in [0.25, 0.3) is 10.9 Å². The summed E-state index contributed by atoms with van der Waals surface area (Å²) < 4.78 is 0.859. The Morgan fingerprint density at radius 3 is 2.53 bits per heavy atom. The van der Waals surface area contributed by atoms with Gasteiger partial charge in [-0.2, -0.15) is 0 Å². The highest BCUT2D eigenvalue weighted by molar-refractivity contribution is 9.10. The van der Waals surface area contributed by atoms with E-state index in [1.807, 2.05) is 26.0 Å². The van der Waals surface area contributed by atoms with Gasteiger partial charge in [0.25, 0.3) is 0 Å². The van der Waals surface area contributed by atoms with Gasteiger partial charge in [-0.1, -0.05) is 23.2 Å². The van der Waals surface area contributed by atoms with E-state index in [0.717, 1.165) is 26.6 Å². The highest BCUT2D eigenvalue weighted by Gasteiger charge is 2.11. The lowest BCUT2D eigenvalue weighted by molar-refractivity contribution is 1.24. The number of aryl methyl sites for hydroxylation is 2. The van der Waals surface area contributed by atoms with E-state index < -0.39 is 0 Å². The summed E-state index contributed by atoms with van der Waals surface area (Å²) >= 11 is 15.7. The van der Waals surface area contributed by atoms with Gasteiger partial charge < -0.3 is 0 Å². The van der Waals surface area contributed by atoms with E-state index in [-0.39, 0.29) is 0 Å². The zero-order chi connectivity index (χ0) is 11.2. The molecule has 0 aliphatic rings. The molecule has 1 aromatic carbocycles. The Labute approximate surface area is 107 Å². The highest BCUT2D eigenvalue weighted by atomic mass is 79.9. The van der Waals surface area contributed by atoms with E-state index in [4.69, 9.17) is 23.2 Å². The van der Waals surface area contributed by atoms with E-state index >= 15 is 0 Å². The van der Waals surface area contributed by atoms with Crippen LogP contribution < -0.4 is 0 Å². The van der Waals surface area contributed by atoms with Gasteiger partial charge in [0.15, 0.2) is 0 Å². The zero-order valence-electron chi connectivity index (χ0n) is 8.24. The lowest BCUT2D eigenvalue weighted by atomic mass is 10.1. The second-order valence-electron chi connectivity index (χ2n) is 3.47. The molecule has 0 atom stereocenters. The van der Waals surface area contributed by atoms with E-state index in [9.17, 15) is 0 Å². The Balaban J connectivity index is 2.98. The fraction of sp³-hybridized carbons (Fsp3) is 0.182. The number of pyridine rings is 1. The first-order chi connectivity index (χ1) is 7.00. The van der Waals surface area contributed by atoms with Gasteiger partial charge in [0.1, 0.15) is 0 Å². The third-order valence-corrected chi connectivity index (χ3v) is 4.04. The van der Waals surface area contributed by atoms with Crippen LogP contribution in [0.5, 0.6) is 0 Å². The van der Waals surface area contributed by atoms with Crippen LogP contribution in [0.1, 0.15) is 11.3 Å². The average molecular weight is 305 g/mol. The minimum absolute atomic E-state index is 0.643. The van der Waals surface area contributed by atoms with Gasteiger partial charge in [0, 0.05) is 9.86 Å². The monoisotopic (exact) mass is 303 g/mol. The molecule has 78 valence electrons. The highest BCUT2D eigenvalue weighted by Crippen LogP contribution is 2.35. The molecule has 15 heavy (non-hydrogen) atoms. The van der Waals surface area contributed by atoms with E-state index in [2.05, 4.69) is 20.9 Å². The molecule has 4 heteroatoms. The van der Waals surface area contributed by atoms with Crippen LogP contribution in [0, 0.1) is 13.8 Å². The van der Waals surface area contributed by atoms with Crippen LogP contribution >= 0.6 is 39.1 Å². The lowest BCUT2D eigenvalue weighted by Crippen LogP contribution is -1.89. The van der Waals surface area contributed by atoms with Gasteiger partial charge in [0.2, 0.25) is 0 Å². The average Bonchev–Trinajstić information content (AvgIpc) is 2.17. The van der Waals surface area contributed by atoms with Gasteiger partial charge >= 0.3 is 0 Å². The summed E-state index contributed by atoms with van der Waals surface area (Å²) in [7, 11) is 0. The first-order valence-electron chi connectivity index (χ1n) is 4.42. The van der Waals surface area contributed by atoms with Crippen molar-refractivity contribution in [2.75, 3.05) is 0 Å². The quantitative estimate of drug-likeness (QED) is 0.673. The first kappa shape index (κ1) is 11.2. The Hall–Kier alpha value is -0.310. The van der Waals surface area contributed by atoms with Crippen molar-refractivity contribution in [2.24, 2.45) is 0 Å². The normalized spacial score (nSPS) is 11.0. The molecule has 0 bridgehead atoms. The molecule has 0 aliphatic heterocycles. The zero-order valence-corrected chi connectivity index (χ0v) is 11.3.